The fraction of sp³-hybridized carbons (Fsp3) is 0.943. The number of rotatable bonds is 0. The summed E-state index contributed by atoms with van der Waals surface area (Å²) >= 11 is 0. The first-order valence-corrected chi connectivity index (χ1v) is 34.1. The van der Waals surface area contributed by atoms with Crippen LogP contribution in [-0.4, -0.2) is 0 Å². The molecule has 0 N–H and O–H groups in total. The first kappa shape index (κ1) is 52.9. The minimum atomic E-state index is 1.06. The van der Waals surface area contributed by atoms with Crippen molar-refractivity contribution in [2.24, 2.45) is 88.8 Å². The second kappa shape index (κ2) is 28.0. The van der Waals surface area contributed by atoms with Crippen molar-refractivity contribution in [1.82, 2.24) is 0 Å². The van der Waals surface area contributed by atoms with Gasteiger partial charge in [0, 0.05) is 0 Å². The fourth-order valence-electron chi connectivity index (χ4n) is 19.4. The van der Waals surface area contributed by atoms with Gasteiger partial charge in [-0.2, -0.15) is 0 Å². The molecular weight excluding hydrogens is 841 g/mol. The van der Waals surface area contributed by atoms with Gasteiger partial charge in [-0.25, -0.2) is 0 Å². The Balaban J connectivity index is 0.0000000914. The minimum absolute atomic E-state index is 1.06. The molecule has 0 aliphatic heterocycles. The fourth-order valence-corrected chi connectivity index (χ4v) is 19.4. The van der Waals surface area contributed by atoms with Crippen molar-refractivity contribution in [2.45, 2.75) is 327 Å². The van der Waals surface area contributed by atoms with Gasteiger partial charge in [0.1, 0.15) is 0 Å². The van der Waals surface area contributed by atoms with Gasteiger partial charge in [0.25, 0.3) is 0 Å². The van der Waals surface area contributed by atoms with E-state index in [1.807, 2.05) is 11.1 Å². The molecule has 70 heavy (non-hydrogen) atoms. The van der Waals surface area contributed by atoms with Gasteiger partial charge >= 0.3 is 0 Å². The quantitative estimate of drug-likeness (QED) is 0.212. The van der Waals surface area contributed by atoms with E-state index < -0.39 is 0 Å². The Labute approximate surface area is 436 Å². The lowest BCUT2D eigenvalue weighted by Gasteiger charge is -2.40. The molecule has 0 amide bonds. The molecule has 0 aromatic carbocycles. The van der Waals surface area contributed by atoms with Crippen molar-refractivity contribution >= 4 is 0 Å². The standard InChI is InChI=1S/C10H18.C9H16.C8H14.C8H12.C8H14.C7H12.C7H10.C7H12.C6H10/c1-2-5-9-7-4-8-10(9)6-3-1;1-2-5-9-7-3-6-8(9)4-1;2*1-3-7-5-2-6-8(7)4-1;1-2-4-8-6-5-7(8)3-1;2*1-2-6-4-5-7(6)3-1;1-2-4-7-5-6(7)3-1;1-2-5-4-6(5)3-1/h9-10H,1-8H2;8-9H,1-7H2;7-8H,1-6H2;1-6H2;7-8H,1-6H2;6-7H,1-5H2;2,7H,1,3-5H2;6-7H,1-5H2;5-6H,1-4H2. The van der Waals surface area contributed by atoms with Gasteiger partial charge in [0.05, 0.1) is 0 Å². The second-order valence-corrected chi connectivity index (χ2v) is 28.9. The largest absolute Gasteiger partial charge is 0.0850 e. The van der Waals surface area contributed by atoms with E-state index in [0.29, 0.717) is 0 Å². The van der Waals surface area contributed by atoms with Crippen LogP contribution in [0.2, 0.25) is 0 Å². The zero-order valence-electron chi connectivity index (χ0n) is 46.8. The second-order valence-electron chi connectivity index (χ2n) is 28.9. The van der Waals surface area contributed by atoms with Crippen LogP contribution in [-0.2, 0) is 0 Å². The summed E-state index contributed by atoms with van der Waals surface area (Å²) in [4.78, 5) is 0. The van der Waals surface area contributed by atoms with Crippen molar-refractivity contribution in [1.29, 1.82) is 0 Å². The Kier molecular flexibility index (Phi) is 21.2. The summed E-state index contributed by atoms with van der Waals surface area (Å²) in [7, 11) is 0. The van der Waals surface area contributed by atoms with E-state index in [9.17, 15) is 0 Å². The maximum Gasteiger partial charge on any atom is -0.0197 e. The molecule has 0 saturated heterocycles. The first-order valence-electron chi connectivity index (χ1n) is 34.1. The molecule has 0 bridgehead atoms. The molecule has 15 saturated carbocycles. The normalized spacial score (nSPS) is 42.4. The molecule has 13 atom stereocenters. The van der Waals surface area contributed by atoms with Gasteiger partial charge in [-0.3, -0.25) is 0 Å². The maximum atomic E-state index is 2.42. The van der Waals surface area contributed by atoms with Gasteiger partial charge in [-0.05, 0) is 192 Å². The summed E-state index contributed by atoms with van der Waals surface area (Å²) in [6.07, 6.45) is 80.5. The molecule has 0 nitrogen and oxygen atoms in total. The molecule has 0 spiro atoms. The van der Waals surface area contributed by atoms with E-state index in [1.54, 1.807) is 173 Å². The van der Waals surface area contributed by atoms with Crippen LogP contribution in [0.25, 0.3) is 0 Å². The van der Waals surface area contributed by atoms with Crippen LogP contribution in [0.3, 0.4) is 0 Å². The zero-order chi connectivity index (χ0) is 47.2. The molecule has 18 aliphatic carbocycles. The van der Waals surface area contributed by atoms with Gasteiger partial charge in [-0.1, -0.05) is 248 Å². The van der Waals surface area contributed by atoms with Crippen molar-refractivity contribution in [3.63, 3.8) is 0 Å². The van der Waals surface area contributed by atoms with E-state index in [0.717, 1.165) is 17.8 Å². The number of fused-ring (bicyclic) bond motifs is 8. The first-order chi connectivity index (χ1) is 34.7. The Morgan fingerprint density at radius 3 is 0.686 bits per heavy atom. The third kappa shape index (κ3) is 15.8. The highest BCUT2D eigenvalue weighted by atomic mass is 14.5. The van der Waals surface area contributed by atoms with Crippen LogP contribution < -0.4 is 0 Å². The van der Waals surface area contributed by atoms with Crippen LogP contribution in [0.5, 0.6) is 0 Å². The van der Waals surface area contributed by atoms with E-state index in [4.69, 9.17) is 0 Å². The van der Waals surface area contributed by atoms with Gasteiger partial charge < -0.3 is 0 Å². The predicted molar refractivity (Wildman–Crippen MR) is 303 cm³/mol. The highest BCUT2D eigenvalue weighted by Crippen LogP contribution is 2.52. The number of allylic oxidation sites excluding steroid dienone is 4. The topological polar surface area (TPSA) is 0 Å². The third-order valence-corrected chi connectivity index (χ3v) is 24.7. The highest BCUT2D eigenvalue weighted by molar-refractivity contribution is 5.23. The van der Waals surface area contributed by atoms with Crippen LogP contribution in [0.1, 0.15) is 327 Å². The average Bonchev–Trinajstić information content (AvgIpc) is 4.04. The van der Waals surface area contributed by atoms with E-state index in [-0.39, 0.29) is 0 Å². The van der Waals surface area contributed by atoms with Gasteiger partial charge in [-0.15, -0.1) is 0 Å². The van der Waals surface area contributed by atoms with Crippen molar-refractivity contribution in [3.8, 4) is 0 Å². The van der Waals surface area contributed by atoms with Crippen molar-refractivity contribution in [2.75, 3.05) is 0 Å². The van der Waals surface area contributed by atoms with Crippen molar-refractivity contribution < 1.29 is 0 Å². The smallest absolute Gasteiger partial charge is 0.0197 e. The van der Waals surface area contributed by atoms with Crippen LogP contribution in [0.4, 0.5) is 0 Å². The molecular formula is C70H118. The Hall–Kier alpha value is -0.520. The molecule has 18 aliphatic rings. The third-order valence-electron chi connectivity index (χ3n) is 24.7. The Morgan fingerprint density at radius 1 is 0.200 bits per heavy atom. The van der Waals surface area contributed by atoms with Crippen LogP contribution >= 0.6 is 0 Å². The summed E-state index contributed by atoms with van der Waals surface area (Å²) in [6, 6.07) is 0. The predicted octanol–water partition coefficient (Wildman–Crippen LogP) is 22.5. The number of hydrogen-bond donors (Lipinski definition) is 0. The molecule has 18 rings (SSSR count). The molecule has 0 heterocycles. The lowest BCUT2D eigenvalue weighted by atomic mass is 9.66. The average molecular weight is 960 g/mol. The monoisotopic (exact) mass is 959 g/mol. The van der Waals surface area contributed by atoms with E-state index in [1.165, 1.54) is 232 Å². The molecule has 0 aromatic rings. The summed E-state index contributed by atoms with van der Waals surface area (Å²) in [5.41, 5.74) is 5.41. The molecule has 15 fully saturated rings. The van der Waals surface area contributed by atoms with E-state index in [2.05, 4.69) is 6.08 Å². The van der Waals surface area contributed by atoms with E-state index >= 15 is 0 Å². The summed E-state index contributed by atoms with van der Waals surface area (Å²) < 4.78 is 0. The zero-order valence-corrected chi connectivity index (χ0v) is 46.8. The Morgan fingerprint density at radius 2 is 0.457 bits per heavy atom. The maximum absolute atomic E-state index is 2.42. The lowest BCUT2D eigenvalue weighted by molar-refractivity contribution is 0.115. The SMILES string of the molecule is C1=C2CCC2CC1.C1CC2=C(C1)CCC2.C1CC2CC2C1.C1CC2CCC2C1.C1CC2CCCC2C1.C1CCC2CC2C1.C1CCC2CCC2C1.C1CCC2CCCC2C1.C1CCC2CCCC2CC1. The lowest BCUT2D eigenvalue weighted by Crippen LogP contribution is -2.28. The number of hydrogen-bond acceptors (Lipinski definition) is 0. The molecule has 0 aromatic heterocycles. The molecule has 13 unspecified atom stereocenters. The molecule has 0 radical (unpaired) electrons. The van der Waals surface area contributed by atoms with Crippen LogP contribution in [0, 0.1) is 88.8 Å². The molecule has 0 heteroatoms. The van der Waals surface area contributed by atoms with Gasteiger partial charge in [0.15, 0.2) is 0 Å². The minimum Gasteiger partial charge on any atom is -0.0850 e. The summed E-state index contributed by atoms with van der Waals surface area (Å²) in [5.74, 6) is 17.6. The van der Waals surface area contributed by atoms with Crippen molar-refractivity contribution in [3.05, 3.63) is 22.8 Å². The summed E-state index contributed by atoms with van der Waals surface area (Å²) in [5, 5.41) is 0. The van der Waals surface area contributed by atoms with Gasteiger partial charge in [0.2, 0.25) is 0 Å². The Bertz CT molecular complexity index is 1450. The molecule has 398 valence electrons. The summed E-state index contributed by atoms with van der Waals surface area (Å²) in [6.45, 7) is 0. The van der Waals surface area contributed by atoms with Crippen LogP contribution in [0.15, 0.2) is 22.8 Å². The highest BCUT2D eigenvalue weighted by Gasteiger charge is 2.41.